The summed E-state index contributed by atoms with van der Waals surface area (Å²) in [6, 6.07) is 9.84. The van der Waals surface area contributed by atoms with Crippen molar-refractivity contribution in [2.24, 2.45) is 0 Å². The number of benzene rings is 1. The van der Waals surface area contributed by atoms with Gasteiger partial charge in [0.15, 0.2) is 0 Å². The van der Waals surface area contributed by atoms with Gasteiger partial charge in [-0.05, 0) is 50.2 Å². The molecule has 1 aromatic heterocycles. The standard InChI is InChI=1S/C15H17FN2O/c1-11-3-4-12(2)18(11)10-9-15(19)17-14-7-5-13(16)6-8-14/h3-8H,9-10H2,1-2H3,(H,17,19). The van der Waals surface area contributed by atoms with E-state index in [2.05, 4.69) is 9.88 Å². The maximum atomic E-state index is 12.7. The van der Waals surface area contributed by atoms with Crippen LogP contribution in [0.4, 0.5) is 10.1 Å². The number of aromatic nitrogens is 1. The van der Waals surface area contributed by atoms with Gasteiger partial charge in [0.05, 0.1) is 0 Å². The van der Waals surface area contributed by atoms with E-state index < -0.39 is 0 Å². The molecule has 0 atom stereocenters. The highest BCUT2D eigenvalue weighted by atomic mass is 19.1. The maximum absolute atomic E-state index is 12.7. The number of hydrogen-bond acceptors (Lipinski definition) is 1. The number of carbonyl (C=O) groups excluding carboxylic acids is 1. The van der Waals surface area contributed by atoms with Crippen molar-refractivity contribution in [2.75, 3.05) is 5.32 Å². The zero-order valence-corrected chi connectivity index (χ0v) is 11.1. The molecule has 2 aromatic rings. The lowest BCUT2D eigenvalue weighted by Gasteiger charge is -2.09. The Bertz CT molecular complexity index is 553. The fourth-order valence-corrected chi connectivity index (χ4v) is 2.02. The van der Waals surface area contributed by atoms with Gasteiger partial charge in [0.1, 0.15) is 5.82 Å². The van der Waals surface area contributed by atoms with E-state index in [1.54, 1.807) is 12.1 Å². The van der Waals surface area contributed by atoms with E-state index in [1.165, 1.54) is 12.1 Å². The third-order valence-corrected chi connectivity index (χ3v) is 3.11. The molecule has 100 valence electrons. The Kier molecular flexibility index (Phi) is 4.00. The number of nitrogens with one attached hydrogen (secondary N) is 1. The van der Waals surface area contributed by atoms with E-state index in [4.69, 9.17) is 0 Å². The summed E-state index contributed by atoms with van der Waals surface area (Å²) in [7, 11) is 0. The van der Waals surface area contributed by atoms with Crippen molar-refractivity contribution in [2.45, 2.75) is 26.8 Å². The molecule has 0 aliphatic carbocycles. The van der Waals surface area contributed by atoms with Crippen LogP contribution in [-0.4, -0.2) is 10.5 Å². The second kappa shape index (κ2) is 5.69. The van der Waals surface area contributed by atoms with Gasteiger partial charge in [-0.3, -0.25) is 4.79 Å². The average molecular weight is 260 g/mol. The van der Waals surface area contributed by atoms with Gasteiger partial charge in [0, 0.05) is 30.0 Å². The first-order chi connectivity index (χ1) is 9.06. The summed E-state index contributed by atoms with van der Waals surface area (Å²) in [5, 5.41) is 2.75. The van der Waals surface area contributed by atoms with Crippen LogP contribution in [0.1, 0.15) is 17.8 Å². The molecule has 1 N–H and O–H groups in total. The Morgan fingerprint density at radius 3 is 2.26 bits per heavy atom. The van der Waals surface area contributed by atoms with Crippen molar-refractivity contribution >= 4 is 11.6 Å². The first-order valence-corrected chi connectivity index (χ1v) is 6.24. The van der Waals surface area contributed by atoms with Gasteiger partial charge in [-0.2, -0.15) is 0 Å². The van der Waals surface area contributed by atoms with E-state index in [0.717, 1.165) is 11.4 Å². The van der Waals surface area contributed by atoms with Gasteiger partial charge < -0.3 is 9.88 Å². The second-order valence-electron chi connectivity index (χ2n) is 4.57. The zero-order valence-electron chi connectivity index (χ0n) is 11.1. The molecule has 3 nitrogen and oxygen atoms in total. The Labute approximate surface area is 112 Å². The smallest absolute Gasteiger partial charge is 0.226 e. The lowest BCUT2D eigenvalue weighted by molar-refractivity contribution is -0.116. The molecular formula is C15H17FN2O. The topological polar surface area (TPSA) is 34.0 Å². The van der Waals surface area contributed by atoms with Crippen LogP contribution in [0.2, 0.25) is 0 Å². The molecule has 0 saturated carbocycles. The van der Waals surface area contributed by atoms with E-state index in [1.807, 2.05) is 26.0 Å². The second-order valence-corrected chi connectivity index (χ2v) is 4.57. The number of aryl methyl sites for hydroxylation is 2. The summed E-state index contributed by atoms with van der Waals surface area (Å²) >= 11 is 0. The van der Waals surface area contributed by atoms with E-state index in [-0.39, 0.29) is 11.7 Å². The fourth-order valence-electron chi connectivity index (χ4n) is 2.02. The molecule has 0 spiro atoms. The highest BCUT2D eigenvalue weighted by Gasteiger charge is 2.06. The number of nitrogens with zero attached hydrogens (tertiary/aromatic N) is 1. The van der Waals surface area contributed by atoms with Crippen LogP contribution in [0.5, 0.6) is 0 Å². The van der Waals surface area contributed by atoms with Gasteiger partial charge in [0.2, 0.25) is 5.91 Å². The molecule has 1 amide bonds. The lowest BCUT2D eigenvalue weighted by Crippen LogP contribution is -2.15. The summed E-state index contributed by atoms with van der Waals surface area (Å²) in [5.41, 5.74) is 2.91. The largest absolute Gasteiger partial charge is 0.349 e. The van der Waals surface area contributed by atoms with Gasteiger partial charge >= 0.3 is 0 Å². The van der Waals surface area contributed by atoms with Gasteiger partial charge in [-0.25, -0.2) is 4.39 Å². The molecule has 4 heteroatoms. The lowest BCUT2D eigenvalue weighted by atomic mass is 10.3. The van der Waals surface area contributed by atoms with Crippen molar-refractivity contribution in [3.63, 3.8) is 0 Å². The molecule has 19 heavy (non-hydrogen) atoms. The molecule has 2 rings (SSSR count). The number of amides is 1. The minimum Gasteiger partial charge on any atom is -0.349 e. The molecule has 0 radical (unpaired) electrons. The molecular weight excluding hydrogens is 243 g/mol. The first-order valence-electron chi connectivity index (χ1n) is 6.24. The third kappa shape index (κ3) is 3.44. The van der Waals surface area contributed by atoms with Crippen LogP contribution >= 0.6 is 0 Å². The van der Waals surface area contributed by atoms with Crippen molar-refractivity contribution in [3.8, 4) is 0 Å². The van der Waals surface area contributed by atoms with E-state index in [9.17, 15) is 9.18 Å². The van der Waals surface area contributed by atoms with Crippen LogP contribution in [-0.2, 0) is 11.3 Å². The number of anilines is 1. The predicted molar refractivity (Wildman–Crippen MR) is 73.6 cm³/mol. The summed E-state index contributed by atoms with van der Waals surface area (Å²) in [5.74, 6) is -0.379. The monoisotopic (exact) mass is 260 g/mol. The number of carbonyl (C=O) groups is 1. The number of rotatable bonds is 4. The molecule has 0 aliphatic rings. The minimum atomic E-state index is -0.309. The Balaban J connectivity index is 1.90. The summed E-state index contributed by atoms with van der Waals surface area (Å²) < 4.78 is 14.8. The number of halogens is 1. The molecule has 1 aromatic carbocycles. The maximum Gasteiger partial charge on any atom is 0.226 e. The highest BCUT2D eigenvalue weighted by Crippen LogP contribution is 2.10. The van der Waals surface area contributed by atoms with Gasteiger partial charge in [0.25, 0.3) is 0 Å². The molecule has 0 aliphatic heterocycles. The van der Waals surface area contributed by atoms with Gasteiger partial charge in [-0.15, -0.1) is 0 Å². The molecule has 0 bridgehead atoms. The van der Waals surface area contributed by atoms with Crippen LogP contribution in [0.25, 0.3) is 0 Å². The average Bonchev–Trinajstić information content (AvgIpc) is 2.70. The fraction of sp³-hybridized carbons (Fsp3) is 0.267. The molecule has 0 fully saturated rings. The zero-order chi connectivity index (χ0) is 13.8. The highest BCUT2D eigenvalue weighted by molar-refractivity contribution is 5.90. The Morgan fingerprint density at radius 2 is 1.68 bits per heavy atom. The summed E-state index contributed by atoms with van der Waals surface area (Å²) in [6.07, 6.45) is 0.397. The molecule has 0 saturated heterocycles. The molecule has 0 unspecified atom stereocenters. The van der Waals surface area contributed by atoms with Crippen molar-refractivity contribution in [1.29, 1.82) is 0 Å². The van der Waals surface area contributed by atoms with Gasteiger partial charge in [-0.1, -0.05) is 0 Å². The van der Waals surface area contributed by atoms with Crippen LogP contribution in [0.3, 0.4) is 0 Å². The normalized spacial score (nSPS) is 10.5. The van der Waals surface area contributed by atoms with Crippen molar-refractivity contribution in [1.82, 2.24) is 4.57 Å². The van der Waals surface area contributed by atoms with Crippen LogP contribution in [0.15, 0.2) is 36.4 Å². The van der Waals surface area contributed by atoms with Crippen molar-refractivity contribution < 1.29 is 9.18 Å². The van der Waals surface area contributed by atoms with E-state index >= 15 is 0 Å². The van der Waals surface area contributed by atoms with E-state index in [0.29, 0.717) is 18.7 Å². The van der Waals surface area contributed by atoms with Crippen LogP contribution < -0.4 is 5.32 Å². The number of hydrogen-bond donors (Lipinski definition) is 1. The Morgan fingerprint density at radius 1 is 1.11 bits per heavy atom. The summed E-state index contributed by atoms with van der Waals surface area (Å²) in [6.45, 7) is 4.69. The third-order valence-electron chi connectivity index (χ3n) is 3.11. The minimum absolute atomic E-state index is 0.0703. The SMILES string of the molecule is Cc1ccc(C)n1CCC(=O)Nc1ccc(F)cc1. The quantitative estimate of drug-likeness (QED) is 0.899. The first kappa shape index (κ1) is 13.3. The van der Waals surface area contributed by atoms with Crippen molar-refractivity contribution in [3.05, 3.63) is 53.6 Å². The Hall–Kier alpha value is -2.10. The molecule has 1 heterocycles. The predicted octanol–water partition coefficient (Wildman–Crippen LogP) is 3.27. The summed E-state index contributed by atoms with van der Waals surface area (Å²) in [4.78, 5) is 11.8. The van der Waals surface area contributed by atoms with Crippen LogP contribution in [0, 0.1) is 19.7 Å².